The predicted molar refractivity (Wildman–Crippen MR) is 82.6 cm³/mol. The van der Waals surface area contributed by atoms with Crippen LogP contribution < -0.4 is 5.32 Å². The maximum absolute atomic E-state index is 3.45. The zero-order chi connectivity index (χ0) is 13.7. The van der Waals surface area contributed by atoms with Crippen molar-refractivity contribution < 1.29 is 0 Å². The molecule has 106 valence electrons. The highest BCUT2D eigenvalue weighted by Gasteiger charge is 2.21. The molecule has 19 heavy (non-hydrogen) atoms. The second-order valence-corrected chi connectivity index (χ2v) is 5.91. The lowest BCUT2D eigenvalue weighted by molar-refractivity contribution is 0.164. The first kappa shape index (κ1) is 14.5. The molecule has 0 amide bonds. The lowest BCUT2D eigenvalue weighted by Gasteiger charge is -2.35. The zero-order valence-corrected chi connectivity index (χ0v) is 12.7. The van der Waals surface area contributed by atoms with Gasteiger partial charge in [-0.2, -0.15) is 0 Å². The zero-order valence-electron chi connectivity index (χ0n) is 12.7. The normalized spacial score (nSPS) is 18.7. The van der Waals surface area contributed by atoms with Gasteiger partial charge in [0.2, 0.25) is 0 Å². The highest BCUT2D eigenvalue weighted by Crippen LogP contribution is 2.27. The first-order chi connectivity index (χ1) is 9.22. The average Bonchev–Trinajstić information content (AvgIpc) is 2.46. The molecule has 1 fully saturated rings. The van der Waals surface area contributed by atoms with E-state index in [-0.39, 0.29) is 0 Å². The minimum absolute atomic E-state index is 0.605. The highest BCUT2D eigenvalue weighted by atomic mass is 15.2. The van der Waals surface area contributed by atoms with Crippen molar-refractivity contribution in [3.05, 3.63) is 35.4 Å². The molecule has 1 aliphatic rings. The third-order valence-electron chi connectivity index (χ3n) is 4.14. The molecule has 1 aromatic rings. The minimum atomic E-state index is 0.605. The third kappa shape index (κ3) is 3.80. The molecule has 0 saturated carbocycles. The van der Waals surface area contributed by atoms with Gasteiger partial charge in [-0.3, -0.25) is 4.90 Å². The van der Waals surface area contributed by atoms with Crippen LogP contribution in [0, 0.1) is 0 Å². The number of benzene rings is 1. The van der Waals surface area contributed by atoms with Gasteiger partial charge >= 0.3 is 0 Å². The Morgan fingerprint density at radius 2 is 1.63 bits per heavy atom. The lowest BCUT2D eigenvalue weighted by Crippen LogP contribution is -2.45. The van der Waals surface area contributed by atoms with E-state index >= 15 is 0 Å². The number of nitrogens with one attached hydrogen (secondary N) is 1. The Bertz CT molecular complexity index is 363. The Labute approximate surface area is 118 Å². The van der Waals surface area contributed by atoms with E-state index in [1.807, 2.05) is 0 Å². The summed E-state index contributed by atoms with van der Waals surface area (Å²) in [5.41, 5.74) is 2.94. The topological polar surface area (TPSA) is 15.3 Å². The van der Waals surface area contributed by atoms with Crippen molar-refractivity contribution in [3.63, 3.8) is 0 Å². The molecule has 0 spiro atoms. The number of piperazine rings is 1. The molecule has 0 unspecified atom stereocenters. The second kappa shape index (κ2) is 7.06. The fourth-order valence-electron chi connectivity index (χ4n) is 2.93. The summed E-state index contributed by atoms with van der Waals surface area (Å²) in [6, 6.07) is 9.92. The average molecular weight is 260 g/mol. The van der Waals surface area contributed by atoms with Gasteiger partial charge < -0.3 is 5.32 Å². The maximum atomic E-state index is 3.45. The van der Waals surface area contributed by atoms with Crippen LogP contribution in [0.5, 0.6) is 0 Å². The van der Waals surface area contributed by atoms with Crippen LogP contribution in [0.2, 0.25) is 0 Å². The van der Waals surface area contributed by atoms with Crippen molar-refractivity contribution in [1.82, 2.24) is 10.2 Å². The van der Waals surface area contributed by atoms with Crippen molar-refractivity contribution in [1.29, 1.82) is 0 Å². The summed E-state index contributed by atoms with van der Waals surface area (Å²) in [4.78, 5) is 2.64. The summed E-state index contributed by atoms with van der Waals surface area (Å²) >= 11 is 0. The van der Waals surface area contributed by atoms with Crippen LogP contribution in [0.25, 0.3) is 0 Å². The Hall–Kier alpha value is -0.860. The SMILES string of the molecule is CCC[C@@H](c1ccc(C(C)C)cc1)N1CCNCC1. The Morgan fingerprint density at radius 1 is 1.05 bits per heavy atom. The van der Waals surface area contributed by atoms with Crippen LogP contribution >= 0.6 is 0 Å². The number of rotatable bonds is 5. The summed E-state index contributed by atoms with van der Waals surface area (Å²) in [5, 5.41) is 3.45. The summed E-state index contributed by atoms with van der Waals surface area (Å²) in [5.74, 6) is 0.623. The number of hydrogen-bond acceptors (Lipinski definition) is 2. The van der Waals surface area contributed by atoms with Gasteiger partial charge in [-0.25, -0.2) is 0 Å². The molecular weight excluding hydrogens is 232 g/mol. The van der Waals surface area contributed by atoms with E-state index in [0.29, 0.717) is 12.0 Å². The fraction of sp³-hybridized carbons (Fsp3) is 0.647. The van der Waals surface area contributed by atoms with Gasteiger partial charge in [-0.05, 0) is 23.5 Å². The van der Waals surface area contributed by atoms with Gasteiger partial charge in [0.1, 0.15) is 0 Å². The summed E-state index contributed by atoms with van der Waals surface area (Å²) in [6.45, 7) is 11.4. The van der Waals surface area contributed by atoms with Gasteiger partial charge in [0.25, 0.3) is 0 Å². The molecule has 1 aliphatic heterocycles. The smallest absolute Gasteiger partial charge is 0.0349 e. The highest BCUT2D eigenvalue weighted by molar-refractivity contribution is 5.27. The van der Waals surface area contributed by atoms with E-state index in [1.54, 1.807) is 0 Å². The van der Waals surface area contributed by atoms with Crippen molar-refractivity contribution in [2.45, 2.75) is 45.6 Å². The quantitative estimate of drug-likeness (QED) is 0.871. The van der Waals surface area contributed by atoms with Crippen molar-refractivity contribution in [3.8, 4) is 0 Å². The molecule has 0 bridgehead atoms. The van der Waals surface area contributed by atoms with Crippen LogP contribution in [0.15, 0.2) is 24.3 Å². The number of nitrogens with zero attached hydrogens (tertiary/aromatic N) is 1. The monoisotopic (exact) mass is 260 g/mol. The van der Waals surface area contributed by atoms with E-state index in [9.17, 15) is 0 Å². The molecule has 1 saturated heterocycles. The van der Waals surface area contributed by atoms with E-state index in [4.69, 9.17) is 0 Å². The first-order valence-electron chi connectivity index (χ1n) is 7.77. The van der Waals surface area contributed by atoms with Gasteiger partial charge in [0, 0.05) is 32.2 Å². The van der Waals surface area contributed by atoms with Crippen molar-refractivity contribution >= 4 is 0 Å². The molecule has 0 radical (unpaired) electrons. The molecule has 1 atom stereocenters. The molecule has 2 nitrogen and oxygen atoms in total. The summed E-state index contributed by atoms with van der Waals surface area (Å²) in [6.07, 6.45) is 2.52. The molecule has 2 heteroatoms. The lowest BCUT2D eigenvalue weighted by atomic mass is 9.96. The molecular formula is C17H28N2. The minimum Gasteiger partial charge on any atom is -0.314 e. The van der Waals surface area contributed by atoms with Gasteiger partial charge in [-0.1, -0.05) is 51.5 Å². The van der Waals surface area contributed by atoms with Crippen LogP contribution in [0.4, 0.5) is 0 Å². The molecule has 0 aromatic heterocycles. The molecule has 1 N–H and O–H groups in total. The Balaban J connectivity index is 2.13. The second-order valence-electron chi connectivity index (χ2n) is 5.91. The Morgan fingerprint density at radius 3 is 2.16 bits per heavy atom. The van der Waals surface area contributed by atoms with E-state index in [1.165, 1.54) is 37.1 Å². The third-order valence-corrected chi connectivity index (χ3v) is 4.14. The van der Waals surface area contributed by atoms with E-state index in [0.717, 1.165) is 13.1 Å². The van der Waals surface area contributed by atoms with Crippen molar-refractivity contribution in [2.75, 3.05) is 26.2 Å². The van der Waals surface area contributed by atoms with E-state index < -0.39 is 0 Å². The predicted octanol–water partition coefficient (Wildman–Crippen LogP) is 3.56. The van der Waals surface area contributed by atoms with Crippen LogP contribution in [0.1, 0.15) is 56.7 Å². The molecule has 1 aromatic carbocycles. The van der Waals surface area contributed by atoms with Gasteiger partial charge in [0.15, 0.2) is 0 Å². The molecule has 1 heterocycles. The Kier molecular flexibility index (Phi) is 5.41. The van der Waals surface area contributed by atoms with Crippen LogP contribution in [0.3, 0.4) is 0 Å². The molecule has 0 aliphatic carbocycles. The maximum Gasteiger partial charge on any atom is 0.0349 e. The van der Waals surface area contributed by atoms with Gasteiger partial charge in [0.05, 0.1) is 0 Å². The van der Waals surface area contributed by atoms with E-state index in [2.05, 4.69) is 55.3 Å². The molecule has 2 rings (SSSR count). The van der Waals surface area contributed by atoms with Crippen LogP contribution in [-0.4, -0.2) is 31.1 Å². The van der Waals surface area contributed by atoms with Gasteiger partial charge in [-0.15, -0.1) is 0 Å². The van der Waals surface area contributed by atoms with Crippen molar-refractivity contribution in [2.24, 2.45) is 0 Å². The standard InChI is InChI=1S/C17H28N2/c1-4-5-17(19-12-10-18-11-13-19)16-8-6-15(7-9-16)14(2)3/h6-9,14,17-18H,4-5,10-13H2,1-3H3/t17-/m0/s1. The summed E-state index contributed by atoms with van der Waals surface area (Å²) in [7, 11) is 0. The summed E-state index contributed by atoms with van der Waals surface area (Å²) < 4.78 is 0. The first-order valence-corrected chi connectivity index (χ1v) is 7.77. The van der Waals surface area contributed by atoms with Crippen LogP contribution in [-0.2, 0) is 0 Å². The largest absolute Gasteiger partial charge is 0.314 e. The number of hydrogen-bond donors (Lipinski definition) is 1. The fourth-order valence-corrected chi connectivity index (χ4v) is 2.93.